The van der Waals surface area contributed by atoms with Crippen molar-refractivity contribution in [1.82, 2.24) is 15.5 Å². The molecule has 1 heterocycles. The van der Waals surface area contributed by atoms with Crippen LogP contribution in [0.25, 0.3) is 0 Å². The first kappa shape index (κ1) is 14.3. The molecule has 0 spiro atoms. The van der Waals surface area contributed by atoms with Gasteiger partial charge in [-0.2, -0.15) is 0 Å². The number of hydrogen-bond acceptors (Lipinski definition) is 3. The monoisotopic (exact) mass is 253 g/mol. The number of hydrogen-bond donors (Lipinski definition) is 2. The van der Waals surface area contributed by atoms with Gasteiger partial charge in [-0.25, -0.2) is 0 Å². The van der Waals surface area contributed by atoms with Gasteiger partial charge in [-0.05, 0) is 65.3 Å². The third-order valence-corrected chi connectivity index (χ3v) is 5.08. The molecule has 0 aromatic heterocycles. The molecule has 0 radical (unpaired) electrons. The van der Waals surface area contributed by atoms with Crippen LogP contribution in [0.1, 0.15) is 44.9 Å². The van der Waals surface area contributed by atoms with Gasteiger partial charge in [0.2, 0.25) is 0 Å². The Balaban J connectivity index is 1.75. The van der Waals surface area contributed by atoms with E-state index in [1.54, 1.807) is 0 Å². The number of piperidine rings is 1. The highest BCUT2D eigenvalue weighted by Gasteiger charge is 2.33. The van der Waals surface area contributed by atoms with Crippen LogP contribution in [-0.4, -0.2) is 50.7 Å². The minimum absolute atomic E-state index is 0.436. The molecule has 3 nitrogen and oxygen atoms in total. The summed E-state index contributed by atoms with van der Waals surface area (Å²) in [6.45, 7) is 4.83. The molecule has 2 N–H and O–H groups in total. The molecular formula is C15H31N3. The van der Waals surface area contributed by atoms with Gasteiger partial charge >= 0.3 is 0 Å². The Morgan fingerprint density at radius 3 is 2.39 bits per heavy atom. The minimum atomic E-state index is 0.436. The van der Waals surface area contributed by atoms with Crippen molar-refractivity contribution < 1.29 is 0 Å². The summed E-state index contributed by atoms with van der Waals surface area (Å²) in [5.41, 5.74) is 0.436. The molecule has 0 aromatic rings. The Labute approximate surface area is 113 Å². The van der Waals surface area contributed by atoms with Gasteiger partial charge in [-0.15, -0.1) is 0 Å². The Morgan fingerprint density at radius 1 is 1.11 bits per heavy atom. The summed E-state index contributed by atoms with van der Waals surface area (Å²) in [4.78, 5) is 2.47. The molecule has 2 fully saturated rings. The second-order valence-corrected chi connectivity index (χ2v) is 6.50. The summed E-state index contributed by atoms with van der Waals surface area (Å²) in [5, 5.41) is 7.22. The van der Waals surface area contributed by atoms with Crippen LogP contribution in [-0.2, 0) is 0 Å². The van der Waals surface area contributed by atoms with Crippen molar-refractivity contribution in [2.45, 2.75) is 50.5 Å². The molecule has 0 bridgehead atoms. The summed E-state index contributed by atoms with van der Waals surface area (Å²) < 4.78 is 0. The summed E-state index contributed by atoms with van der Waals surface area (Å²) in [7, 11) is 4.52. The van der Waals surface area contributed by atoms with Gasteiger partial charge in [0, 0.05) is 12.1 Å². The van der Waals surface area contributed by atoms with E-state index in [0.717, 1.165) is 5.92 Å². The van der Waals surface area contributed by atoms with Crippen LogP contribution < -0.4 is 10.6 Å². The largest absolute Gasteiger partial charge is 0.317 e. The number of nitrogens with zero attached hydrogens (tertiary/aromatic N) is 1. The zero-order valence-corrected chi connectivity index (χ0v) is 12.3. The van der Waals surface area contributed by atoms with Crippen molar-refractivity contribution in [1.29, 1.82) is 0 Å². The molecule has 2 aliphatic rings. The lowest BCUT2D eigenvalue weighted by atomic mass is 9.80. The van der Waals surface area contributed by atoms with Crippen LogP contribution in [0.3, 0.4) is 0 Å². The summed E-state index contributed by atoms with van der Waals surface area (Å²) in [5.74, 6) is 0.897. The van der Waals surface area contributed by atoms with Crippen LogP contribution >= 0.6 is 0 Å². The Bertz CT molecular complexity index is 228. The fraction of sp³-hybridized carbons (Fsp3) is 1.00. The third kappa shape index (κ3) is 3.69. The van der Waals surface area contributed by atoms with E-state index < -0.39 is 0 Å². The van der Waals surface area contributed by atoms with Crippen molar-refractivity contribution in [2.24, 2.45) is 5.92 Å². The standard InChI is InChI=1S/C15H31N3/c1-18(2)15(8-4-3-5-9-15)13-17-12-14-6-10-16-11-7-14/h14,16-17H,3-13H2,1-2H3. The van der Waals surface area contributed by atoms with Crippen molar-refractivity contribution in [3.8, 4) is 0 Å². The Hall–Kier alpha value is -0.120. The topological polar surface area (TPSA) is 27.3 Å². The SMILES string of the molecule is CN(C)C1(CNCC2CCNCC2)CCCCC1. The van der Waals surface area contributed by atoms with Crippen LogP contribution in [0.2, 0.25) is 0 Å². The summed E-state index contributed by atoms with van der Waals surface area (Å²) in [6.07, 6.45) is 9.70. The molecule has 1 aliphatic heterocycles. The van der Waals surface area contributed by atoms with Gasteiger partial charge in [-0.3, -0.25) is 0 Å². The minimum Gasteiger partial charge on any atom is -0.317 e. The first-order chi connectivity index (χ1) is 8.73. The number of likely N-dealkylation sites (N-methyl/N-ethyl adjacent to an activating group) is 1. The first-order valence-corrected chi connectivity index (χ1v) is 7.82. The molecule has 0 amide bonds. The molecule has 0 unspecified atom stereocenters. The van der Waals surface area contributed by atoms with Crippen molar-refractivity contribution in [3.05, 3.63) is 0 Å². The van der Waals surface area contributed by atoms with Crippen LogP contribution in [0, 0.1) is 5.92 Å². The van der Waals surface area contributed by atoms with Crippen molar-refractivity contribution >= 4 is 0 Å². The van der Waals surface area contributed by atoms with Crippen LogP contribution in [0.4, 0.5) is 0 Å². The second kappa shape index (κ2) is 6.88. The molecule has 106 valence electrons. The van der Waals surface area contributed by atoms with E-state index in [1.807, 2.05) is 0 Å². The quantitative estimate of drug-likeness (QED) is 0.783. The highest BCUT2D eigenvalue weighted by Crippen LogP contribution is 2.31. The van der Waals surface area contributed by atoms with E-state index in [4.69, 9.17) is 0 Å². The van der Waals surface area contributed by atoms with E-state index in [0.29, 0.717) is 5.54 Å². The van der Waals surface area contributed by atoms with Crippen molar-refractivity contribution in [2.75, 3.05) is 40.3 Å². The molecule has 0 aromatic carbocycles. The average Bonchev–Trinajstić information content (AvgIpc) is 2.41. The van der Waals surface area contributed by atoms with Gasteiger partial charge in [0.05, 0.1) is 0 Å². The lowest BCUT2D eigenvalue weighted by Crippen LogP contribution is -2.53. The smallest absolute Gasteiger partial charge is 0.0327 e. The molecule has 18 heavy (non-hydrogen) atoms. The third-order valence-electron chi connectivity index (χ3n) is 5.08. The highest BCUT2D eigenvalue weighted by atomic mass is 15.2. The maximum atomic E-state index is 3.78. The molecule has 2 rings (SSSR count). The average molecular weight is 253 g/mol. The second-order valence-electron chi connectivity index (χ2n) is 6.50. The van der Waals surface area contributed by atoms with E-state index in [2.05, 4.69) is 29.6 Å². The number of rotatable bonds is 5. The van der Waals surface area contributed by atoms with Crippen LogP contribution in [0.5, 0.6) is 0 Å². The van der Waals surface area contributed by atoms with E-state index in [-0.39, 0.29) is 0 Å². The highest BCUT2D eigenvalue weighted by molar-refractivity contribution is 4.92. The van der Waals surface area contributed by atoms with E-state index in [1.165, 1.54) is 71.1 Å². The van der Waals surface area contributed by atoms with Crippen molar-refractivity contribution in [3.63, 3.8) is 0 Å². The first-order valence-electron chi connectivity index (χ1n) is 7.82. The van der Waals surface area contributed by atoms with Gasteiger partial charge in [-0.1, -0.05) is 19.3 Å². The zero-order chi connectivity index (χ0) is 12.8. The molecule has 3 heteroatoms. The molecule has 1 saturated heterocycles. The lowest BCUT2D eigenvalue weighted by molar-refractivity contribution is 0.0969. The number of nitrogens with one attached hydrogen (secondary N) is 2. The predicted octanol–water partition coefficient (Wildman–Crippen LogP) is 1.84. The molecule has 1 aliphatic carbocycles. The normalized spacial score (nSPS) is 25.5. The molecule has 0 atom stereocenters. The van der Waals surface area contributed by atoms with E-state index >= 15 is 0 Å². The predicted molar refractivity (Wildman–Crippen MR) is 78.0 cm³/mol. The molecular weight excluding hydrogens is 222 g/mol. The summed E-state index contributed by atoms with van der Waals surface area (Å²) in [6, 6.07) is 0. The van der Waals surface area contributed by atoms with E-state index in [9.17, 15) is 0 Å². The Kier molecular flexibility index (Phi) is 5.46. The summed E-state index contributed by atoms with van der Waals surface area (Å²) >= 11 is 0. The van der Waals surface area contributed by atoms with Crippen LogP contribution in [0.15, 0.2) is 0 Å². The fourth-order valence-corrected chi connectivity index (χ4v) is 3.59. The van der Waals surface area contributed by atoms with Gasteiger partial charge in [0.1, 0.15) is 0 Å². The lowest BCUT2D eigenvalue weighted by Gasteiger charge is -2.43. The maximum Gasteiger partial charge on any atom is 0.0327 e. The Morgan fingerprint density at radius 2 is 1.78 bits per heavy atom. The molecule has 1 saturated carbocycles. The van der Waals surface area contributed by atoms with Gasteiger partial charge in [0.15, 0.2) is 0 Å². The fourth-order valence-electron chi connectivity index (χ4n) is 3.59. The maximum absolute atomic E-state index is 3.78. The van der Waals surface area contributed by atoms with Gasteiger partial charge < -0.3 is 15.5 Å². The zero-order valence-electron chi connectivity index (χ0n) is 12.3. The van der Waals surface area contributed by atoms with Gasteiger partial charge in [0.25, 0.3) is 0 Å².